The van der Waals surface area contributed by atoms with E-state index in [-0.39, 0.29) is 31.2 Å². The lowest BCUT2D eigenvalue weighted by atomic mass is 9.76. The zero-order valence-corrected chi connectivity index (χ0v) is 19.4. The molecule has 9 heteroatoms. The lowest BCUT2D eigenvalue weighted by molar-refractivity contribution is -0.142. The molecule has 3 heterocycles. The monoisotopic (exact) mass is 480 g/mol. The highest BCUT2D eigenvalue weighted by Gasteiger charge is 2.70. The van der Waals surface area contributed by atoms with E-state index in [2.05, 4.69) is 10.6 Å². The van der Waals surface area contributed by atoms with Crippen LogP contribution < -0.4 is 16.4 Å². The molecule has 2 unspecified atom stereocenters. The minimum atomic E-state index is -1.44. The number of nitrogens with zero attached hydrogens (tertiary/aromatic N) is 1. The lowest BCUT2D eigenvalue weighted by Crippen LogP contribution is -2.53. The van der Waals surface area contributed by atoms with Crippen LogP contribution in [-0.4, -0.2) is 41.1 Å². The second kappa shape index (κ2) is 8.21. The number of rotatable bonds is 6. The Labute approximate surface area is 201 Å². The molecule has 0 radical (unpaired) electrons. The number of benzene rings is 2. The number of fused-ring (bicyclic) bond motifs is 4. The van der Waals surface area contributed by atoms with Gasteiger partial charge in [0.2, 0.25) is 23.6 Å². The first kappa shape index (κ1) is 22.6. The standard InChI is InChI=1S/C25H25ClN4O4/c1-13-11-15(26)12-16-21(13)28-24(34)25(16)20-19(17(29-25)7-8-18(27)31)22(32)30(23(20)33)10-9-14-5-3-2-4-6-14/h2-6,11-12,17,19-20,29H,7-10H2,1H3,(H2,27,31)(H,28,34)/t17?,19-,20+,25?/m1/s1. The van der Waals surface area contributed by atoms with E-state index in [1.807, 2.05) is 37.3 Å². The van der Waals surface area contributed by atoms with Gasteiger partial charge in [-0.2, -0.15) is 0 Å². The van der Waals surface area contributed by atoms with Gasteiger partial charge in [0.1, 0.15) is 5.54 Å². The number of aryl methyl sites for hydroxylation is 1. The van der Waals surface area contributed by atoms with Gasteiger partial charge in [-0.3, -0.25) is 29.4 Å². The molecular formula is C25H25ClN4O4. The van der Waals surface area contributed by atoms with Crippen LogP contribution in [0.4, 0.5) is 5.69 Å². The summed E-state index contributed by atoms with van der Waals surface area (Å²) in [6, 6.07) is 12.4. The second-order valence-electron chi connectivity index (χ2n) is 9.23. The van der Waals surface area contributed by atoms with E-state index in [9.17, 15) is 19.2 Å². The summed E-state index contributed by atoms with van der Waals surface area (Å²) in [5, 5.41) is 6.62. The summed E-state index contributed by atoms with van der Waals surface area (Å²) in [6.45, 7) is 2.05. The normalized spacial score (nSPS) is 27.3. The maximum atomic E-state index is 13.7. The van der Waals surface area contributed by atoms with Gasteiger partial charge >= 0.3 is 0 Å². The summed E-state index contributed by atoms with van der Waals surface area (Å²) in [5.74, 6) is -3.33. The molecule has 0 aromatic heterocycles. The largest absolute Gasteiger partial charge is 0.370 e. The number of primary amides is 1. The Morgan fingerprint density at radius 3 is 2.59 bits per heavy atom. The maximum Gasteiger partial charge on any atom is 0.250 e. The number of anilines is 1. The van der Waals surface area contributed by atoms with Crippen molar-refractivity contribution in [2.24, 2.45) is 17.6 Å². The van der Waals surface area contributed by atoms with Crippen LogP contribution in [-0.2, 0) is 31.1 Å². The van der Waals surface area contributed by atoms with Crippen LogP contribution >= 0.6 is 11.6 Å². The van der Waals surface area contributed by atoms with Gasteiger partial charge in [0.25, 0.3) is 0 Å². The van der Waals surface area contributed by atoms with Gasteiger partial charge in [-0.15, -0.1) is 0 Å². The summed E-state index contributed by atoms with van der Waals surface area (Å²) < 4.78 is 0. The van der Waals surface area contributed by atoms with Crippen molar-refractivity contribution in [2.45, 2.75) is 37.8 Å². The zero-order chi connectivity index (χ0) is 24.2. The number of nitrogens with one attached hydrogen (secondary N) is 2. The van der Waals surface area contributed by atoms with Crippen LogP contribution in [0, 0.1) is 18.8 Å². The zero-order valence-electron chi connectivity index (χ0n) is 18.6. The van der Waals surface area contributed by atoms with E-state index < -0.39 is 35.2 Å². The van der Waals surface area contributed by atoms with E-state index in [1.54, 1.807) is 12.1 Å². The summed E-state index contributed by atoms with van der Waals surface area (Å²) in [6.07, 6.45) is 0.787. The quantitative estimate of drug-likeness (QED) is 0.545. The number of halogens is 1. The molecule has 2 saturated heterocycles. The Kier molecular flexibility index (Phi) is 5.45. The fourth-order valence-corrected chi connectivity index (χ4v) is 6.02. The van der Waals surface area contributed by atoms with Crippen LogP contribution in [0.1, 0.15) is 29.5 Å². The Hall–Kier alpha value is -3.23. The molecule has 4 atom stereocenters. The lowest BCUT2D eigenvalue weighted by Gasteiger charge is -2.29. The van der Waals surface area contributed by atoms with E-state index in [1.165, 1.54) is 4.90 Å². The highest BCUT2D eigenvalue weighted by Crippen LogP contribution is 2.54. The van der Waals surface area contributed by atoms with Crippen molar-refractivity contribution in [3.63, 3.8) is 0 Å². The second-order valence-corrected chi connectivity index (χ2v) is 9.67. The first-order chi connectivity index (χ1) is 16.2. The topological polar surface area (TPSA) is 122 Å². The molecule has 8 nitrogen and oxygen atoms in total. The predicted molar refractivity (Wildman–Crippen MR) is 126 cm³/mol. The van der Waals surface area contributed by atoms with Crippen molar-refractivity contribution in [3.8, 4) is 0 Å². The van der Waals surface area contributed by atoms with Crippen molar-refractivity contribution in [2.75, 3.05) is 11.9 Å². The van der Waals surface area contributed by atoms with Crippen LogP contribution in [0.25, 0.3) is 0 Å². The molecule has 3 aliphatic heterocycles. The van der Waals surface area contributed by atoms with Gasteiger partial charge < -0.3 is 11.1 Å². The van der Waals surface area contributed by atoms with E-state index >= 15 is 0 Å². The van der Waals surface area contributed by atoms with Crippen LogP contribution in [0.15, 0.2) is 42.5 Å². The Morgan fingerprint density at radius 2 is 1.88 bits per heavy atom. The molecule has 176 valence electrons. The predicted octanol–water partition coefficient (Wildman–Crippen LogP) is 1.88. The third kappa shape index (κ3) is 3.32. The molecule has 1 spiro atoms. The number of nitrogens with two attached hydrogens (primary N) is 1. The minimum absolute atomic E-state index is 0.0332. The highest BCUT2D eigenvalue weighted by molar-refractivity contribution is 6.31. The maximum absolute atomic E-state index is 13.7. The molecule has 5 rings (SSSR count). The van der Waals surface area contributed by atoms with Crippen LogP contribution in [0.5, 0.6) is 0 Å². The third-order valence-corrected chi connectivity index (χ3v) is 7.46. The van der Waals surface area contributed by atoms with Gasteiger partial charge in [0.15, 0.2) is 0 Å². The number of imide groups is 1. The summed E-state index contributed by atoms with van der Waals surface area (Å²) in [5.41, 5.74) is 6.86. The first-order valence-corrected chi connectivity index (χ1v) is 11.7. The van der Waals surface area contributed by atoms with Gasteiger partial charge in [-0.1, -0.05) is 41.9 Å². The molecule has 34 heavy (non-hydrogen) atoms. The van der Waals surface area contributed by atoms with Gasteiger partial charge in [-0.25, -0.2) is 0 Å². The van der Waals surface area contributed by atoms with Crippen molar-refractivity contribution < 1.29 is 19.2 Å². The average molecular weight is 481 g/mol. The molecule has 0 bridgehead atoms. The van der Waals surface area contributed by atoms with Crippen molar-refractivity contribution in [1.82, 2.24) is 10.2 Å². The Morgan fingerprint density at radius 1 is 1.15 bits per heavy atom. The molecule has 3 aliphatic rings. The summed E-state index contributed by atoms with van der Waals surface area (Å²) >= 11 is 6.34. The molecular weight excluding hydrogens is 456 g/mol. The average Bonchev–Trinajstić information content (AvgIpc) is 3.37. The Bertz CT molecular complexity index is 1220. The molecule has 4 amide bonds. The van der Waals surface area contributed by atoms with E-state index in [4.69, 9.17) is 17.3 Å². The van der Waals surface area contributed by atoms with Crippen molar-refractivity contribution >= 4 is 40.9 Å². The van der Waals surface area contributed by atoms with Crippen LogP contribution in [0.3, 0.4) is 0 Å². The SMILES string of the molecule is Cc1cc(Cl)cc2c1NC(=O)C21NC(CCC(N)=O)[C@H]2C(=O)N(CCc3ccccc3)C(=O)[C@H]21. The molecule has 2 aromatic carbocycles. The molecule has 2 aromatic rings. The van der Waals surface area contributed by atoms with Crippen molar-refractivity contribution in [1.29, 1.82) is 0 Å². The first-order valence-electron chi connectivity index (χ1n) is 11.3. The molecule has 0 saturated carbocycles. The van der Waals surface area contributed by atoms with Gasteiger partial charge in [-0.05, 0) is 43.0 Å². The Balaban J connectivity index is 1.55. The van der Waals surface area contributed by atoms with Gasteiger partial charge in [0, 0.05) is 35.3 Å². The van der Waals surface area contributed by atoms with E-state index in [0.717, 1.165) is 11.1 Å². The fourth-order valence-electron chi connectivity index (χ4n) is 5.75. The van der Waals surface area contributed by atoms with Crippen LogP contribution in [0.2, 0.25) is 5.02 Å². The fraction of sp³-hybridized carbons (Fsp3) is 0.360. The smallest absolute Gasteiger partial charge is 0.250 e. The van der Waals surface area contributed by atoms with Crippen molar-refractivity contribution in [3.05, 3.63) is 64.2 Å². The third-order valence-electron chi connectivity index (χ3n) is 7.25. The number of hydrogen-bond donors (Lipinski definition) is 3. The summed E-state index contributed by atoms with van der Waals surface area (Å²) in [7, 11) is 0. The molecule has 2 fully saturated rings. The number of likely N-dealkylation sites (tertiary alicyclic amines) is 1. The van der Waals surface area contributed by atoms with E-state index in [0.29, 0.717) is 22.7 Å². The minimum Gasteiger partial charge on any atom is -0.370 e. The number of carbonyl (C=O) groups excluding carboxylic acids is 4. The summed E-state index contributed by atoms with van der Waals surface area (Å²) in [4.78, 5) is 53.6. The number of carbonyl (C=O) groups is 4. The number of amides is 4. The molecule has 0 aliphatic carbocycles. The number of hydrogen-bond acceptors (Lipinski definition) is 5. The van der Waals surface area contributed by atoms with Gasteiger partial charge in [0.05, 0.1) is 11.8 Å². The molecule has 4 N–H and O–H groups in total. The highest BCUT2D eigenvalue weighted by atomic mass is 35.5.